The van der Waals surface area contributed by atoms with E-state index in [9.17, 15) is 0 Å². The Kier molecular flexibility index (Phi) is 3.72. The van der Waals surface area contributed by atoms with E-state index in [-0.39, 0.29) is 6.42 Å². The molecule has 0 aliphatic rings. The smallest absolute Gasteiger partial charge is 0.130 e. The molecular formula is C16H16N2O. The zero-order chi connectivity index (χ0) is 13.8. The second kappa shape index (κ2) is 5.45. The van der Waals surface area contributed by atoms with Crippen molar-refractivity contribution in [1.82, 2.24) is 0 Å². The van der Waals surface area contributed by atoms with E-state index in [1.807, 2.05) is 44.2 Å². The molecule has 0 unspecified atom stereocenters. The molecule has 3 nitrogen and oxygen atoms in total. The van der Waals surface area contributed by atoms with E-state index < -0.39 is 0 Å². The fourth-order valence-corrected chi connectivity index (χ4v) is 1.83. The van der Waals surface area contributed by atoms with Crippen molar-refractivity contribution >= 4 is 5.69 Å². The molecule has 0 heterocycles. The molecule has 0 saturated heterocycles. The lowest BCUT2D eigenvalue weighted by Crippen LogP contribution is -1.95. The first-order chi connectivity index (χ1) is 9.10. The Labute approximate surface area is 113 Å². The van der Waals surface area contributed by atoms with Crippen LogP contribution in [0.15, 0.2) is 36.4 Å². The molecule has 0 aliphatic heterocycles. The standard InChI is InChI=1S/C16H16N2O/c1-11-3-4-12(2)16(9-11)19-14-5-6-15(18)13(10-14)7-8-17/h3-6,9-10H,7,18H2,1-2H3. The Bertz CT molecular complexity index is 642. The molecular weight excluding hydrogens is 236 g/mol. The minimum Gasteiger partial charge on any atom is -0.457 e. The Morgan fingerprint density at radius 2 is 1.95 bits per heavy atom. The van der Waals surface area contributed by atoms with Crippen LogP contribution in [-0.4, -0.2) is 0 Å². The Morgan fingerprint density at radius 3 is 2.68 bits per heavy atom. The highest BCUT2D eigenvalue weighted by atomic mass is 16.5. The summed E-state index contributed by atoms with van der Waals surface area (Å²) >= 11 is 0. The van der Waals surface area contributed by atoms with Gasteiger partial charge in [0.05, 0.1) is 12.5 Å². The summed E-state index contributed by atoms with van der Waals surface area (Å²) < 4.78 is 5.87. The first-order valence-corrected chi connectivity index (χ1v) is 6.10. The molecule has 19 heavy (non-hydrogen) atoms. The topological polar surface area (TPSA) is 59.0 Å². The third-order valence-corrected chi connectivity index (χ3v) is 2.96. The van der Waals surface area contributed by atoms with Crippen molar-refractivity contribution in [3.05, 3.63) is 53.1 Å². The van der Waals surface area contributed by atoms with Crippen LogP contribution in [0.4, 0.5) is 5.69 Å². The summed E-state index contributed by atoms with van der Waals surface area (Å²) in [6.07, 6.45) is 0.288. The summed E-state index contributed by atoms with van der Waals surface area (Å²) in [5, 5.41) is 8.76. The van der Waals surface area contributed by atoms with Crippen molar-refractivity contribution < 1.29 is 4.74 Å². The maximum absolute atomic E-state index is 8.76. The van der Waals surface area contributed by atoms with Gasteiger partial charge in [-0.05, 0) is 54.8 Å². The molecule has 0 bridgehead atoms. The summed E-state index contributed by atoms with van der Waals surface area (Å²) in [5.41, 5.74) is 9.45. The van der Waals surface area contributed by atoms with Gasteiger partial charge in [0, 0.05) is 5.69 Å². The van der Waals surface area contributed by atoms with Crippen LogP contribution in [0.2, 0.25) is 0 Å². The van der Waals surface area contributed by atoms with Gasteiger partial charge in [-0.15, -0.1) is 0 Å². The summed E-state index contributed by atoms with van der Waals surface area (Å²) in [6.45, 7) is 4.03. The maximum atomic E-state index is 8.76. The van der Waals surface area contributed by atoms with Crippen LogP contribution in [0.5, 0.6) is 11.5 Å². The van der Waals surface area contributed by atoms with Crippen molar-refractivity contribution in [2.45, 2.75) is 20.3 Å². The molecule has 2 rings (SSSR count). The SMILES string of the molecule is Cc1ccc(C)c(Oc2ccc(N)c(CC#N)c2)c1. The maximum Gasteiger partial charge on any atom is 0.130 e. The molecule has 0 aliphatic carbocycles. The highest BCUT2D eigenvalue weighted by molar-refractivity contribution is 5.52. The Morgan fingerprint density at radius 1 is 1.16 bits per heavy atom. The number of ether oxygens (including phenoxy) is 1. The zero-order valence-electron chi connectivity index (χ0n) is 11.1. The van der Waals surface area contributed by atoms with E-state index in [0.717, 1.165) is 22.4 Å². The van der Waals surface area contributed by atoms with Crippen LogP contribution in [0.3, 0.4) is 0 Å². The van der Waals surface area contributed by atoms with Gasteiger partial charge >= 0.3 is 0 Å². The lowest BCUT2D eigenvalue weighted by molar-refractivity contribution is 0.478. The summed E-state index contributed by atoms with van der Waals surface area (Å²) in [6, 6.07) is 13.6. The molecule has 2 aromatic rings. The molecule has 2 aromatic carbocycles. The summed E-state index contributed by atoms with van der Waals surface area (Å²) in [7, 11) is 0. The average molecular weight is 252 g/mol. The summed E-state index contributed by atoms with van der Waals surface area (Å²) in [5.74, 6) is 1.53. The molecule has 2 N–H and O–H groups in total. The van der Waals surface area contributed by atoms with Gasteiger partial charge < -0.3 is 10.5 Å². The monoisotopic (exact) mass is 252 g/mol. The normalized spacial score (nSPS) is 9.95. The predicted octanol–water partition coefficient (Wildman–Crippen LogP) is 3.74. The molecule has 0 saturated carbocycles. The predicted molar refractivity (Wildman–Crippen MR) is 76.2 cm³/mol. The van der Waals surface area contributed by atoms with Gasteiger partial charge in [0.15, 0.2) is 0 Å². The number of nitriles is 1. The van der Waals surface area contributed by atoms with Gasteiger partial charge in [0.2, 0.25) is 0 Å². The third kappa shape index (κ3) is 3.05. The van der Waals surface area contributed by atoms with Crippen molar-refractivity contribution in [3.8, 4) is 17.6 Å². The van der Waals surface area contributed by atoms with E-state index in [2.05, 4.69) is 6.07 Å². The minimum atomic E-state index is 0.288. The molecule has 96 valence electrons. The molecule has 3 heteroatoms. The number of anilines is 1. The van der Waals surface area contributed by atoms with Gasteiger partial charge in [-0.1, -0.05) is 12.1 Å². The van der Waals surface area contributed by atoms with E-state index in [4.69, 9.17) is 15.7 Å². The Hall–Kier alpha value is -2.47. The van der Waals surface area contributed by atoms with Gasteiger partial charge in [-0.25, -0.2) is 0 Å². The van der Waals surface area contributed by atoms with Crippen molar-refractivity contribution in [3.63, 3.8) is 0 Å². The highest BCUT2D eigenvalue weighted by Gasteiger charge is 2.05. The summed E-state index contributed by atoms with van der Waals surface area (Å²) in [4.78, 5) is 0. The van der Waals surface area contributed by atoms with Crippen LogP contribution < -0.4 is 10.5 Å². The lowest BCUT2D eigenvalue weighted by atomic mass is 10.1. The number of benzene rings is 2. The van der Waals surface area contributed by atoms with Gasteiger partial charge in [-0.2, -0.15) is 5.26 Å². The van der Waals surface area contributed by atoms with Crippen molar-refractivity contribution in [1.29, 1.82) is 5.26 Å². The first-order valence-electron chi connectivity index (χ1n) is 6.10. The number of hydrogen-bond acceptors (Lipinski definition) is 3. The van der Waals surface area contributed by atoms with E-state index in [1.54, 1.807) is 6.07 Å². The van der Waals surface area contributed by atoms with E-state index >= 15 is 0 Å². The molecule has 0 aromatic heterocycles. The fourth-order valence-electron chi connectivity index (χ4n) is 1.83. The number of rotatable bonds is 3. The molecule has 0 spiro atoms. The quantitative estimate of drug-likeness (QED) is 0.846. The second-order valence-electron chi connectivity index (χ2n) is 4.57. The number of nitrogen functional groups attached to an aromatic ring is 1. The van der Waals surface area contributed by atoms with Gasteiger partial charge in [0.25, 0.3) is 0 Å². The molecule has 0 amide bonds. The van der Waals surface area contributed by atoms with Crippen LogP contribution in [-0.2, 0) is 6.42 Å². The molecule has 0 atom stereocenters. The zero-order valence-corrected chi connectivity index (χ0v) is 11.1. The van der Waals surface area contributed by atoms with Gasteiger partial charge in [-0.3, -0.25) is 0 Å². The molecule has 0 fully saturated rings. The largest absolute Gasteiger partial charge is 0.457 e. The van der Waals surface area contributed by atoms with Gasteiger partial charge in [0.1, 0.15) is 11.5 Å². The number of aryl methyl sites for hydroxylation is 2. The fraction of sp³-hybridized carbons (Fsp3) is 0.188. The van der Waals surface area contributed by atoms with Crippen molar-refractivity contribution in [2.24, 2.45) is 0 Å². The lowest BCUT2D eigenvalue weighted by Gasteiger charge is -2.11. The average Bonchev–Trinajstić information content (AvgIpc) is 2.38. The first kappa shape index (κ1) is 13.0. The van der Waals surface area contributed by atoms with Crippen LogP contribution >= 0.6 is 0 Å². The van der Waals surface area contributed by atoms with Crippen LogP contribution in [0.25, 0.3) is 0 Å². The third-order valence-electron chi connectivity index (χ3n) is 2.96. The van der Waals surface area contributed by atoms with E-state index in [1.165, 1.54) is 0 Å². The van der Waals surface area contributed by atoms with Crippen LogP contribution in [0.1, 0.15) is 16.7 Å². The minimum absolute atomic E-state index is 0.288. The number of nitrogens with zero attached hydrogens (tertiary/aromatic N) is 1. The number of nitrogens with two attached hydrogens (primary N) is 1. The molecule has 0 radical (unpaired) electrons. The Balaban J connectivity index is 2.31. The highest BCUT2D eigenvalue weighted by Crippen LogP contribution is 2.28. The van der Waals surface area contributed by atoms with Crippen LogP contribution in [0, 0.1) is 25.2 Å². The number of hydrogen-bond donors (Lipinski definition) is 1. The van der Waals surface area contributed by atoms with E-state index in [0.29, 0.717) is 11.4 Å². The van der Waals surface area contributed by atoms with Crippen molar-refractivity contribution in [2.75, 3.05) is 5.73 Å². The second-order valence-corrected chi connectivity index (χ2v) is 4.57.